The zero-order chi connectivity index (χ0) is 41.8. The van der Waals surface area contributed by atoms with Gasteiger partial charge in [-0.3, -0.25) is 19.4 Å². The SMILES string of the molecule is C=CCN1CC(=O)N2[C@@H](Cc3ccc(OP(=O)(O)O)cc3)C(=O)N(Cc3cccc4c3N(Cc3ccccc3)NC4c3ccccc3)C[C@@H]2N1C(=O)NCc1ccccc1. The lowest BCUT2D eigenvalue weighted by molar-refractivity contribution is -0.189. The Hall–Kier alpha value is -6.28. The van der Waals surface area contributed by atoms with Crippen molar-refractivity contribution in [2.75, 3.05) is 24.6 Å². The molecule has 4 N–H and O–H groups in total. The Morgan fingerprint density at radius 2 is 1.50 bits per heavy atom. The third-order valence-corrected chi connectivity index (χ3v) is 11.4. The van der Waals surface area contributed by atoms with Crippen molar-refractivity contribution in [1.82, 2.24) is 30.6 Å². The van der Waals surface area contributed by atoms with Crippen molar-refractivity contribution in [3.8, 4) is 5.75 Å². The van der Waals surface area contributed by atoms with E-state index in [1.807, 2.05) is 78.9 Å². The van der Waals surface area contributed by atoms with Gasteiger partial charge in [-0.15, -0.1) is 6.58 Å². The van der Waals surface area contributed by atoms with Gasteiger partial charge >= 0.3 is 13.9 Å². The number of hydrazine groups is 2. The summed E-state index contributed by atoms with van der Waals surface area (Å²) in [6.07, 6.45) is 0.823. The normalized spacial score (nSPS) is 19.2. The molecule has 3 heterocycles. The first kappa shape index (κ1) is 40.5. The monoisotopic (exact) mass is 827 g/mol. The third-order valence-electron chi connectivity index (χ3n) is 10.9. The van der Waals surface area contributed by atoms with Crippen molar-refractivity contribution in [2.45, 2.75) is 44.3 Å². The van der Waals surface area contributed by atoms with E-state index in [-0.39, 0.29) is 62.8 Å². The smallest absolute Gasteiger partial charge is 0.404 e. The van der Waals surface area contributed by atoms with Gasteiger partial charge in [0.25, 0.3) is 0 Å². The van der Waals surface area contributed by atoms with E-state index in [2.05, 4.69) is 52.7 Å². The van der Waals surface area contributed by atoms with Crippen LogP contribution in [-0.4, -0.2) is 79.3 Å². The lowest BCUT2D eigenvalue weighted by Gasteiger charge is -2.55. The summed E-state index contributed by atoms with van der Waals surface area (Å²) in [6, 6.07) is 40.4. The molecule has 14 nitrogen and oxygen atoms in total. The number of nitrogens with zero attached hydrogens (tertiary/aromatic N) is 5. The number of rotatable bonds is 13. The molecule has 5 aromatic carbocycles. The Morgan fingerprint density at radius 1 is 0.833 bits per heavy atom. The van der Waals surface area contributed by atoms with Crippen molar-refractivity contribution < 1.29 is 33.3 Å². The minimum absolute atomic E-state index is 0.0282. The quantitative estimate of drug-likeness (QED) is 0.0882. The van der Waals surface area contributed by atoms with Crippen LogP contribution in [0, 0.1) is 0 Å². The Morgan fingerprint density at radius 3 is 2.17 bits per heavy atom. The van der Waals surface area contributed by atoms with Crippen LogP contribution in [0.4, 0.5) is 10.5 Å². The van der Waals surface area contributed by atoms with Crippen LogP contribution in [0.3, 0.4) is 0 Å². The van der Waals surface area contributed by atoms with E-state index in [4.69, 9.17) is 4.52 Å². The van der Waals surface area contributed by atoms with Crippen LogP contribution in [0.25, 0.3) is 0 Å². The second-order valence-corrected chi connectivity index (χ2v) is 16.1. The predicted molar refractivity (Wildman–Crippen MR) is 225 cm³/mol. The van der Waals surface area contributed by atoms with E-state index in [9.17, 15) is 28.7 Å². The van der Waals surface area contributed by atoms with E-state index in [0.717, 1.165) is 33.5 Å². The van der Waals surface area contributed by atoms with Crippen LogP contribution in [0.5, 0.6) is 5.75 Å². The zero-order valence-electron chi connectivity index (χ0n) is 32.8. The number of amides is 4. The molecular weight excluding hydrogens is 782 g/mol. The van der Waals surface area contributed by atoms with Crippen LogP contribution < -0.4 is 20.3 Å². The third kappa shape index (κ3) is 8.83. The van der Waals surface area contributed by atoms with Gasteiger partial charge in [0.05, 0.1) is 31.4 Å². The lowest BCUT2D eigenvalue weighted by atomic mass is 9.95. The number of fused-ring (bicyclic) bond motifs is 2. The van der Waals surface area contributed by atoms with Crippen molar-refractivity contribution in [3.63, 3.8) is 0 Å². The molecule has 2 saturated heterocycles. The minimum Gasteiger partial charge on any atom is -0.404 e. The molecule has 308 valence electrons. The zero-order valence-corrected chi connectivity index (χ0v) is 33.7. The molecule has 2 fully saturated rings. The molecule has 3 atom stereocenters. The Kier molecular flexibility index (Phi) is 11.8. The van der Waals surface area contributed by atoms with Crippen LogP contribution in [-0.2, 0) is 40.2 Å². The van der Waals surface area contributed by atoms with Gasteiger partial charge < -0.3 is 24.6 Å². The average Bonchev–Trinajstić information content (AvgIpc) is 3.61. The molecule has 0 bridgehead atoms. The molecular formula is C45H46N7O7P. The van der Waals surface area contributed by atoms with Gasteiger partial charge in [-0.1, -0.05) is 127 Å². The first-order valence-corrected chi connectivity index (χ1v) is 21.2. The summed E-state index contributed by atoms with van der Waals surface area (Å²) in [4.78, 5) is 65.4. The van der Waals surface area contributed by atoms with Crippen molar-refractivity contribution in [1.29, 1.82) is 0 Å². The molecule has 0 radical (unpaired) electrons. The summed E-state index contributed by atoms with van der Waals surface area (Å²) < 4.78 is 16.3. The highest BCUT2D eigenvalue weighted by atomic mass is 31.2. The summed E-state index contributed by atoms with van der Waals surface area (Å²) in [5.74, 6) is -0.662. The number of anilines is 1. The Labute approximate surface area is 348 Å². The van der Waals surface area contributed by atoms with Gasteiger partial charge in [0, 0.05) is 31.6 Å². The lowest BCUT2D eigenvalue weighted by Crippen LogP contribution is -2.76. The van der Waals surface area contributed by atoms with Crippen molar-refractivity contribution >= 4 is 31.4 Å². The van der Waals surface area contributed by atoms with Crippen LogP contribution in [0.2, 0.25) is 0 Å². The van der Waals surface area contributed by atoms with Crippen molar-refractivity contribution in [3.05, 3.63) is 179 Å². The second-order valence-electron chi connectivity index (χ2n) is 15.0. The van der Waals surface area contributed by atoms with E-state index in [0.29, 0.717) is 12.1 Å². The maximum atomic E-state index is 15.0. The number of nitrogens with one attached hydrogen (secondary N) is 2. The number of hydrogen-bond donors (Lipinski definition) is 4. The number of carbonyl (C=O) groups excluding carboxylic acids is 3. The standard InChI is InChI=1S/C45H46N7O7P/c1-2-25-49-31-41(53)51-39(26-32-21-23-37(24-22-32)59-60(56,57)58)44(54)48(30-40(51)52(49)45(55)46-27-33-13-6-3-7-14-33)29-36-19-12-20-38-42(35-17-10-5-11-18-35)47-50(43(36)38)28-34-15-8-4-9-16-34/h2-24,39-40,42,47H,1,25-31H2,(H,46,55)(H2,56,57,58)/t39-,40-,42?/m0/s1. The molecule has 8 rings (SSSR count). The number of carbonyl (C=O) groups is 3. The Bertz CT molecular complexity index is 2380. The summed E-state index contributed by atoms with van der Waals surface area (Å²) in [5, 5.41) is 8.37. The fourth-order valence-electron chi connectivity index (χ4n) is 8.33. The second kappa shape index (κ2) is 17.5. The molecule has 60 heavy (non-hydrogen) atoms. The van der Waals surface area contributed by atoms with Crippen LogP contribution >= 0.6 is 7.82 Å². The minimum atomic E-state index is -4.80. The number of phosphoric acid groups is 1. The fourth-order valence-corrected chi connectivity index (χ4v) is 8.73. The summed E-state index contributed by atoms with van der Waals surface area (Å²) >= 11 is 0. The highest BCUT2D eigenvalue weighted by Gasteiger charge is 2.51. The van der Waals surface area contributed by atoms with Gasteiger partial charge in [-0.05, 0) is 39.9 Å². The number of hydrogen-bond acceptors (Lipinski definition) is 8. The average molecular weight is 828 g/mol. The number of phosphoric ester groups is 1. The summed E-state index contributed by atoms with van der Waals surface area (Å²) in [5.41, 5.74) is 10.3. The number of benzene rings is 5. The fraction of sp³-hybridized carbons (Fsp3) is 0.222. The molecule has 0 saturated carbocycles. The molecule has 0 aromatic heterocycles. The molecule has 4 amide bonds. The highest BCUT2D eigenvalue weighted by Crippen LogP contribution is 2.41. The molecule has 0 spiro atoms. The molecule has 0 aliphatic carbocycles. The topological polar surface area (TPSA) is 158 Å². The Balaban J connectivity index is 1.17. The van der Waals surface area contributed by atoms with Crippen LogP contribution in [0.1, 0.15) is 39.4 Å². The highest BCUT2D eigenvalue weighted by molar-refractivity contribution is 7.46. The van der Waals surface area contributed by atoms with Gasteiger partial charge in [0.2, 0.25) is 11.8 Å². The van der Waals surface area contributed by atoms with Gasteiger partial charge in [-0.25, -0.2) is 24.8 Å². The van der Waals surface area contributed by atoms with E-state index >= 15 is 0 Å². The first-order valence-electron chi connectivity index (χ1n) is 19.7. The summed E-state index contributed by atoms with van der Waals surface area (Å²) in [6.45, 7) is 4.96. The number of urea groups is 1. The number of para-hydroxylation sites is 1. The summed E-state index contributed by atoms with van der Waals surface area (Å²) in [7, 11) is -4.80. The maximum Gasteiger partial charge on any atom is 0.524 e. The molecule has 3 aliphatic heterocycles. The van der Waals surface area contributed by atoms with E-state index in [1.54, 1.807) is 33.1 Å². The van der Waals surface area contributed by atoms with Crippen LogP contribution in [0.15, 0.2) is 146 Å². The molecule has 15 heteroatoms. The largest absolute Gasteiger partial charge is 0.524 e. The maximum absolute atomic E-state index is 15.0. The van der Waals surface area contributed by atoms with E-state index < -0.39 is 26.1 Å². The van der Waals surface area contributed by atoms with Gasteiger partial charge in [0.1, 0.15) is 18.0 Å². The predicted octanol–water partition coefficient (Wildman–Crippen LogP) is 5.51. The molecule has 3 aliphatic rings. The van der Waals surface area contributed by atoms with Gasteiger partial charge in [0.15, 0.2) is 0 Å². The van der Waals surface area contributed by atoms with Crippen molar-refractivity contribution in [2.24, 2.45) is 0 Å². The molecule has 1 unspecified atom stereocenters. The first-order chi connectivity index (χ1) is 29.1. The number of piperazine rings is 1. The van der Waals surface area contributed by atoms with E-state index in [1.165, 1.54) is 17.0 Å². The molecule has 5 aromatic rings. The van der Waals surface area contributed by atoms with Gasteiger partial charge in [-0.2, -0.15) is 0 Å².